The Balaban J connectivity index is 2.18. The summed E-state index contributed by atoms with van der Waals surface area (Å²) in [6.07, 6.45) is 5.60. The first-order valence-corrected chi connectivity index (χ1v) is 7.85. The van der Waals surface area contributed by atoms with Gasteiger partial charge in [-0.05, 0) is 43.1 Å². The second-order valence-electron chi connectivity index (χ2n) is 4.35. The summed E-state index contributed by atoms with van der Waals surface area (Å²) in [5, 5.41) is 3.53. The molecular weight excluding hydrogens is 299 g/mol. The summed E-state index contributed by atoms with van der Waals surface area (Å²) in [5.41, 5.74) is 2.32. The molecule has 2 rings (SSSR count). The van der Waals surface area contributed by atoms with E-state index in [9.17, 15) is 0 Å². The van der Waals surface area contributed by atoms with Gasteiger partial charge in [-0.25, -0.2) is 0 Å². The molecule has 0 bridgehead atoms. The van der Waals surface area contributed by atoms with E-state index in [4.69, 9.17) is 23.2 Å². The zero-order chi connectivity index (χ0) is 13.7. The lowest BCUT2D eigenvalue weighted by atomic mass is 10.0. The van der Waals surface area contributed by atoms with E-state index >= 15 is 0 Å². The first-order valence-electron chi connectivity index (χ1n) is 6.27. The van der Waals surface area contributed by atoms with Crippen molar-refractivity contribution in [2.45, 2.75) is 25.8 Å². The fourth-order valence-electron chi connectivity index (χ4n) is 1.96. The number of thiophene rings is 1. The molecule has 1 unspecified atom stereocenters. The van der Waals surface area contributed by atoms with Crippen molar-refractivity contribution in [2.75, 3.05) is 6.54 Å². The van der Waals surface area contributed by atoms with E-state index in [2.05, 4.69) is 17.2 Å². The lowest BCUT2D eigenvalue weighted by Gasteiger charge is -2.18. The largest absolute Gasteiger partial charge is 0.310 e. The molecule has 0 saturated heterocycles. The SMILES string of the molecule is CCCNC(Cc1ccncc1)c1cc(Cl)sc1Cl. The van der Waals surface area contributed by atoms with Crippen molar-refractivity contribution in [2.24, 2.45) is 0 Å². The predicted molar refractivity (Wildman–Crippen MR) is 83.3 cm³/mol. The Morgan fingerprint density at radius 3 is 2.63 bits per heavy atom. The third kappa shape index (κ3) is 4.18. The maximum Gasteiger partial charge on any atom is 0.0992 e. The lowest BCUT2D eigenvalue weighted by molar-refractivity contribution is 0.530. The highest BCUT2D eigenvalue weighted by Gasteiger charge is 2.17. The van der Waals surface area contributed by atoms with Gasteiger partial charge in [0.05, 0.1) is 8.67 Å². The summed E-state index contributed by atoms with van der Waals surface area (Å²) in [7, 11) is 0. The number of pyridine rings is 1. The number of aromatic nitrogens is 1. The molecule has 1 atom stereocenters. The first kappa shape index (κ1) is 14.8. The summed E-state index contributed by atoms with van der Waals surface area (Å²) in [6, 6.07) is 6.22. The van der Waals surface area contributed by atoms with E-state index in [0.717, 1.165) is 33.6 Å². The molecule has 102 valence electrons. The molecule has 2 aromatic heterocycles. The van der Waals surface area contributed by atoms with Crippen molar-refractivity contribution in [3.63, 3.8) is 0 Å². The second-order valence-corrected chi connectivity index (χ2v) is 6.63. The summed E-state index contributed by atoms with van der Waals surface area (Å²) < 4.78 is 1.51. The van der Waals surface area contributed by atoms with Gasteiger partial charge in [0.15, 0.2) is 0 Å². The zero-order valence-electron chi connectivity index (χ0n) is 10.7. The van der Waals surface area contributed by atoms with Crippen LogP contribution >= 0.6 is 34.5 Å². The minimum absolute atomic E-state index is 0.193. The number of hydrogen-bond acceptors (Lipinski definition) is 3. The van der Waals surface area contributed by atoms with E-state index in [0.29, 0.717) is 0 Å². The molecule has 0 aromatic carbocycles. The lowest BCUT2D eigenvalue weighted by Crippen LogP contribution is -2.24. The van der Waals surface area contributed by atoms with E-state index in [1.807, 2.05) is 30.6 Å². The Hall–Kier alpha value is -0.610. The van der Waals surface area contributed by atoms with Gasteiger partial charge in [-0.3, -0.25) is 4.98 Å². The topological polar surface area (TPSA) is 24.9 Å². The molecule has 5 heteroatoms. The molecule has 0 aliphatic heterocycles. The van der Waals surface area contributed by atoms with Gasteiger partial charge in [0.1, 0.15) is 0 Å². The Morgan fingerprint density at radius 2 is 2.05 bits per heavy atom. The van der Waals surface area contributed by atoms with Crippen molar-refractivity contribution in [3.8, 4) is 0 Å². The van der Waals surface area contributed by atoms with Crippen LogP contribution in [0.3, 0.4) is 0 Å². The molecule has 2 aromatic rings. The highest BCUT2D eigenvalue weighted by Crippen LogP contribution is 2.36. The maximum absolute atomic E-state index is 6.27. The minimum Gasteiger partial charge on any atom is -0.310 e. The number of halogens is 2. The van der Waals surface area contributed by atoms with Crippen molar-refractivity contribution < 1.29 is 0 Å². The maximum atomic E-state index is 6.27. The average molecular weight is 315 g/mol. The number of hydrogen-bond donors (Lipinski definition) is 1. The zero-order valence-corrected chi connectivity index (χ0v) is 13.0. The molecular formula is C14H16Cl2N2S. The van der Waals surface area contributed by atoms with Gasteiger partial charge in [-0.15, -0.1) is 11.3 Å². The molecule has 0 spiro atoms. The monoisotopic (exact) mass is 314 g/mol. The number of rotatable bonds is 6. The summed E-state index contributed by atoms with van der Waals surface area (Å²) in [4.78, 5) is 4.04. The van der Waals surface area contributed by atoms with Crippen LogP contribution in [-0.2, 0) is 6.42 Å². The summed E-state index contributed by atoms with van der Waals surface area (Å²) in [5.74, 6) is 0. The van der Waals surface area contributed by atoms with Gasteiger partial charge in [0.25, 0.3) is 0 Å². The Kier molecular flexibility index (Phi) is 5.64. The molecule has 1 N–H and O–H groups in total. The predicted octanol–water partition coefficient (Wildman–Crippen LogP) is 4.73. The van der Waals surface area contributed by atoms with Crippen LogP contribution in [0.15, 0.2) is 30.6 Å². The normalized spacial score (nSPS) is 12.6. The Labute approximate surface area is 127 Å². The van der Waals surface area contributed by atoms with Gasteiger partial charge < -0.3 is 5.32 Å². The molecule has 0 amide bonds. The van der Waals surface area contributed by atoms with Crippen LogP contribution < -0.4 is 5.32 Å². The molecule has 19 heavy (non-hydrogen) atoms. The minimum atomic E-state index is 0.193. The van der Waals surface area contributed by atoms with Crippen LogP contribution in [0.5, 0.6) is 0 Å². The van der Waals surface area contributed by atoms with E-state index < -0.39 is 0 Å². The van der Waals surface area contributed by atoms with Crippen LogP contribution in [0, 0.1) is 0 Å². The fourth-order valence-corrected chi connectivity index (χ4v) is 3.54. The van der Waals surface area contributed by atoms with Crippen LogP contribution in [0.25, 0.3) is 0 Å². The molecule has 2 heterocycles. The van der Waals surface area contributed by atoms with Crippen LogP contribution in [-0.4, -0.2) is 11.5 Å². The van der Waals surface area contributed by atoms with Crippen molar-refractivity contribution in [3.05, 3.63) is 50.4 Å². The fraction of sp³-hybridized carbons (Fsp3) is 0.357. The average Bonchev–Trinajstić information content (AvgIpc) is 2.75. The number of nitrogens with one attached hydrogen (secondary N) is 1. The van der Waals surface area contributed by atoms with Gasteiger partial charge >= 0.3 is 0 Å². The van der Waals surface area contributed by atoms with Crippen molar-refractivity contribution >= 4 is 34.5 Å². The second kappa shape index (κ2) is 7.25. The number of nitrogens with zero attached hydrogens (tertiary/aromatic N) is 1. The van der Waals surface area contributed by atoms with Crippen LogP contribution in [0.2, 0.25) is 8.67 Å². The molecule has 0 fully saturated rings. The molecule has 2 nitrogen and oxygen atoms in total. The van der Waals surface area contributed by atoms with Gasteiger partial charge in [-0.1, -0.05) is 30.1 Å². The first-order chi connectivity index (χ1) is 9.20. The highest BCUT2D eigenvalue weighted by molar-refractivity contribution is 7.20. The molecule has 0 saturated carbocycles. The highest BCUT2D eigenvalue weighted by atomic mass is 35.5. The van der Waals surface area contributed by atoms with E-state index in [1.54, 1.807) is 0 Å². The summed E-state index contributed by atoms with van der Waals surface area (Å²) in [6.45, 7) is 3.11. The summed E-state index contributed by atoms with van der Waals surface area (Å²) >= 11 is 13.7. The van der Waals surface area contributed by atoms with E-state index in [-0.39, 0.29) is 6.04 Å². The smallest absolute Gasteiger partial charge is 0.0992 e. The van der Waals surface area contributed by atoms with Gasteiger partial charge in [-0.2, -0.15) is 0 Å². The van der Waals surface area contributed by atoms with Gasteiger partial charge in [0.2, 0.25) is 0 Å². The quantitative estimate of drug-likeness (QED) is 0.833. The third-order valence-electron chi connectivity index (χ3n) is 2.89. The Bertz CT molecular complexity index is 513. The van der Waals surface area contributed by atoms with Crippen molar-refractivity contribution in [1.82, 2.24) is 10.3 Å². The van der Waals surface area contributed by atoms with Crippen LogP contribution in [0.4, 0.5) is 0 Å². The van der Waals surface area contributed by atoms with Crippen molar-refractivity contribution in [1.29, 1.82) is 0 Å². The van der Waals surface area contributed by atoms with Gasteiger partial charge in [0, 0.05) is 24.0 Å². The molecule has 0 radical (unpaired) electrons. The molecule has 0 aliphatic carbocycles. The standard InChI is InChI=1S/C14H16Cl2N2S/c1-2-5-18-12(8-10-3-6-17-7-4-10)11-9-13(15)19-14(11)16/h3-4,6-7,9,12,18H,2,5,8H2,1H3. The third-order valence-corrected chi connectivity index (χ3v) is 4.41. The van der Waals surface area contributed by atoms with Crippen LogP contribution in [0.1, 0.15) is 30.5 Å². The Morgan fingerprint density at radius 1 is 1.32 bits per heavy atom. The van der Waals surface area contributed by atoms with E-state index in [1.165, 1.54) is 16.9 Å². The molecule has 0 aliphatic rings.